The molecule has 3 unspecified atom stereocenters. The molecule has 0 radical (unpaired) electrons. The maximum absolute atomic E-state index is 13.6. The van der Waals surface area contributed by atoms with Crippen LogP contribution in [-0.2, 0) is 25.8 Å². The average Bonchev–Trinajstić information content (AvgIpc) is 3.58. The normalized spacial score (nSPS) is 24.7. The number of nitro benzene ring substituents is 1. The second kappa shape index (κ2) is 13.7. The molecule has 42 heavy (non-hydrogen) atoms. The Balaban J connectivity index is 1.49. The zero-order valence-electron chi connectivity index (χ0n) is 25.2. The average molecular weight is 661 g/mol. The molecule has 0 spiro atoms. The molecule has 1 aromatic rings. The third kappa shape index (κ3) is 8.21. The van der Waals surface area contributed by atoms with Crippen LogP contribution in [0, 0.1) is 10.1 Å². The van der Waals surface area contributed by atoms with E-state index in [9.17, 15) is 23.3 Å². The smallest absolute Gasteiger partial charge is 0.410 e. The van der Waals surface area contributed by atoms with Gasteiger partial charge < -0.3 is 19.0 Å². The lowest BCUT2D eigenvalue weighted by molar-refractivity contribution is -0.384. The van der Waals surface area contributed by atoms with Gasteiger partial charge in [0.15, 0.2) is 8.32 Å². The Labute approximate surface area is 259 Å². The Morgan fingerprint density at radius 3 is 2.40 bits per heavy atom. The van der Waals surface area contributed by atoms with Crippen molar-refractivity contribution in [3.63, 3.8) is 0 Å². The van der Waals surface area contributed by atoms with Crippen molar-refractivity contribution < 1.29 is 27.3 Å². The lowest BCUT2D eigenvalue weighted by Gasteiger charge is -2.38. The van der Waals surface area contributed by atoms with Crippen LogP contribution in [0.25, 0.3) is 0 Å². The number of thioether (sulfide) groups is 2. The van der Waals surface area contributed by atoms with Gasteiger partial charge in [0.05, 0.1) is 28.2 Å². The number of rotatable bonds is 10. The zero-order valence-corrected chi connectivity index (χ0v) is 28.6. The minimum Gasteiger partial charge on any atom is -0.445 e. The van der Waals surface area contributed by atoms with Gasteiger partial charge in [-0.05, 0) is 42.2 Å². The largest absolute Gasteiger partial charge is 0.445 e. The van der Waals surface area contributed by atoms with Gasteiger partial charge in [-0.2, -0.15) is 16.1 Å². The Morgan fingerprint density at radius 1 is 1.12 bits per heavy atom. The molecule has 11 nitrogen and oxygen atoms in total. The highest BCUT2D eigenvalue weighted by Gasteiger charge is 2.50. The number of nitro groups is 1. The van der Waals surface area contributed by atoms with E-state index >= 15 is 0 Å². The fourth-order valence-electron chi connectivity index (χ4n) is 5.19. The first kappa shape index (κ1) is 33.5. The highest BCUT2D eigenvalue weighted by atomic mass is 32.2. The number of carbonyl (C=O) groups excluding carboxylic acids is 1. The van der Waals surface area contributed by atoms with Crippen molar-refractivity contribution in [3.8, 4) is 0 Å². The number of hydrogen-bond donors (Lipinski definition) is 0. The maximum atomic E-state index is 13.6. The van der Waals surface area contributed by atoms with Crippen LogP contribution in [0.1, 0.15) is 32.8 Å². The molecule has 3 fully saturated rings. The fourth-order valence-corrected chi connectivity index (χ4v) is 11.1. The Morgan fingerprint density at radius 2 is 1.79 bits per heavy atom. The maximum Gasteiger partial charge on any atom is 0.410 e. The molecule has 1 aromatic carbocycles. The summed E-state index contributed by atoms with van der Waals surface area (Å²) in [4.78, 5) is 27.9. The molecule has 4 rings (SSSR count). The predicted octanol–water partition coefficient (Wildman–Crippen LogP) is 4.45. The molecule has 3 heterocycles. The molecule has 0 N–H and O–H groups in total. The third-order valence-corrected chi connectivity index (χ3v) is 17.4. The summed E-state index contributed by atoms with van der Waals surface area (Å²) in [6, 6.07) is 5.51. The van der Waals surface area contributed by atoms with Crippen LogP contribution >= 0.6 is 23.5 Å². The van der Waals surface area contributed by atoms with Gasteiger partial charge in [0.1, 0.15) is 6.61 Å². The van der Waals surface area contributed by atoms with Crippen LogP contribution in [-0.4, -0.2) is 115 Å². The number of nitrogens with zero attached hydrogens (tertiary/aromatic N) is 4. The summed E-state index contributed by atoms with van der Waals surface area (Å²) in [7, 11) is -5.69. The van der Waals surface area contributed by atoms with Crippen LogP contribution in [0.5, 0.6) is 0 Å². The monoisotopic (exact) mass is 660 g/mol. The van der Waals surface area contributed by atoms with Gasteiger partial charge >= 0.3 is 6.09 Å². The molecule has 236 valence electrons. The first-order chi connectivity index (χ1) is 19.7. The third-order valence-electron chi connectivity index (χ3n) is 8.66. The lowest BCUT2D eigenvalue weighted by atomic mass is 10.2. The number of amides is 1. The molecule has 3 aliphatic heterocycles. The number of sulfonamides is 1. The molecular formula is C27H44N4O7S3Si. The molecule has 1 amide bonds. The van der Waals surface area contributed by atoms with Gasteiger partial charge in [0.2, 0.25) is 10.0 Å². The van der Waals surface area contributed by atoms with E-state index in [0.29, 0.717) is 37.4 Å². The summed E-state index contributed by atoms with van der Waals surface area (Å²) < 4.78 is 41.2. The minimum atomic E-state index is -3.54. The topological polar surface area (TPSA) is 123 Å². The summed E-state index contributed by atoms with van der Waals surface area (Å²) in [6.45, 7) is 13.9. The van der Waals surface area contributed by atoms with Gasteiger partial charge in [-0.15, -0.1) is 11.8 Å². The Hall–Kier alpha value is -1.36. The van der Waals surface area contributed by atoms with Crippen LogP contribution < -0.4 is 0 Å². The highest BCUT2D eigenvalue weighted by molar-refractivity contribution is 8.01. The van der Waals surface area contributed by atoms with E-state index in [1.807, 2.05) is 11.8 Å². The van der Waals surface area contributed by atoms with Crippen LogP contribution in [0.3, 0.4) is 0 Å². The van der Waals surface area contributed by atoms with Crippen LogP contribution in [0.4, 0.5) is 10.5 Å². The molecular weight excluding hydrogens is 617 g/mol. The summed E-state index contributed by atoms with van der Waals surface area (Å²) >= 11 is 3.47. The molecule has 3 atom stereocenters. The first-order valence-corrected chi connectivity index (χ1v) is 21.2. The van der Waals surface area contributed by atoms with Crippen molar-refractivity contribution in [3.05, 3.63) is 39.9 Å². The molecule has 0 aliphatic carbocycles. The molecule has 0 bridgehead atoms. The van der Waals surface area contributed by atoms with E-state index in [2.05, 4.69) is 38.8 Å². The minimum absolute atomic E-state index is 0.0171. The number of likely N-dealkylation sites (tertiary alicyclic amines) is 1. The second-order valence-electron chi connectivity index (χ2n) is 12.6. The highest BCUT2D eigenvalue weighted by Crippen LogP contribution is 2.41. The van der Waals surface area contributed by atoms with Gasteiger partial charge in [-0.3, -0.25) is 10.1 Å². The SMILES string of the molecule is CC(C)(C)[Si](C)(C)OC1CC(C2SCCN2S(=O)(=O)CCN2CCSCC2)N(C(=O)OCc2ccc([N+](=O)[O-])cc2)C1. The summed E-state index contributed by atoms with van der Waals surface area (Å²) in [6.07, 6.45) is -0.221. The second-order valence-corrected chi connectivity index (χ2v) is 21.8. The zero-order chi connectivity index (χ0) is 30.7. The number of ether oxygens (including phenoxy) is 1. The van der Waals surface area contributed by atoms with Gasteiger partial charge in [0, 0.05) is 62.1 Å². The van der Waals surface area contributed by atoms with Crippen molar-refractivity contribution in [2.75, 3.05) is 55.7 Å². The summed E-state index contributed by atoms with van der Waals surface area (Å²) in [5.41, 5.74) is 0.600. The molecule has 15 heteroatoms. The Kier molecular flexibility index (Phi) is 11.0. The van der Waals surface area contributed by atoms with Gasteiger partial charge in [0.25, 0.3) is 5.69 Å². The summed E-state index contributed by atoms with van der Waals surface area (Å²) in [5, 5.41) is 10.5. The number of non-ortho nitro benzene ring substituents is 1. The molecule has 0 saturated carbocycles. The van der Waals surface area contributed by atoms with Crippen molar-refractivity contribution >= 4 is 53.6 Å². The van der Waals surface area contributed by atoms with E-state index in [1.54, 1.807) is 33.1 Å². The van der Waals surface area contributed by atoms with E-state index in [0.717, 1.165) is 24.6 Å². The number of benzene rings is 1. The van der Waals surface area contributed by atoms with Crippen LogP contribution in [0.15, 0.2) is 24.3 Å². The van der Waals surface area contributed by atoms with E-state index < -0.39 is 40.8 Å². The molecule has 3 saturated heterocycles. The molecule has 3 aliphatic rings. The molecule has 0 aromatic heterocycles. The van der Waals surface area contributed by atoms with E-state index in [-0.39, 0.29) is 29.2 Å². The first-order valence-electron chi connectivity index (χ1n) is 14.4. The Bertz CT molecular complexity index is 1210. The fraction of sp³-hybridized carbons (Fsp3) is 0.741. The van der Waals surface area contributed by atoms with Crippen molar-refractivity contribution in [2.24, 2.45) is 0 Å². The quantitative estimate of drug-likeness (QED) is 0.202. The van der Waals surface area contributed by atoms with Crippen molar-refractivity contribution in [1.82, 2.24) is 14.1 Å². The van der Waals surface area contributed by atoms with Crippen molar-refractivity contribution in [1.29, 1.82) is 0 Å². The summed E-state index contributed by atoms with van der Waals surface area (Å²) in [5.74, 6) is 2.78. The van der Waals surface area contributed by atoms with Crippen molar-refractivity contribution in [2.45, 2.75) is 69.5 Å². The van der Waals surface area contributed by atoms with Crippen LogP contribution in [0.2, 0.25) is 18.1 Å². The predicted molar refractivity (Wildman–Crippen MR) is 171 cm³/mol. The van der Waals surface area contributed by atoms with Gasteiger partial charge in [-0.1, -0.05) is 20.8 Å². The standard InChI is InChI=1S/C27H44N4O7S3Si/c1-27(2,3)42(4,5)38-23-18-24(29(19-23)26(32)37-20-21-6-8-22(9-7-21)31(33)34)25-30(12-16-40-25)41(35,36)17-13-28-10-14-39-15-11-28/h6-9,23-25H,10-20H2,1-5H3. The number of hydrogen-bond acceptors (Lipinski definition) is 10. The number of carbonyl (C=O) groups is 1. The van der Waals surface area contributed by atoms with Gasteiger partial charge in [-0.25, -0.2) is 13.2 Å². The lowest BCUT2D eigenvalue weighted by Crippen LogP contribution is -2.50. The van der Waals surface area contributed by atoms with E-state index in [4.69, 9.17) is 9.16 Å². The van der Waals surface area contributed by atoms with E-state index in [1.165, 1.54) is 12.1 Å².